The van der Waals surface area contributed by atoms with Gasteiger partial charge in [0.15, 0.2) is 0 Å². The van der Waals surface area contributed by atoms with Crippen molar-refractivity contribution in [2.45, 2.75) is 0 Å². The highest BCUT2D eigenvalue weighted by Crippen LogP contribution is 2.33. The number of carbonyl (C=O) groups is 1. The molecule has 7 heteroatoms. The fourth-order valence-corrected chi connectivity index (χ4v) is 2.76. The Hall–Kier alpha value is -2.62. The summed E-state index contributed by atoms with van der Waals surface area (Å²) >= 11 is 9.62. The molecule has 0 spiro atoms. The lowest BCUT2D eigenvalue weighted by Gasteiger charge is -2.03. The largest absolute Gasteiger partial charge is 0.455 e. The molecule has 1 amide bonds. The van der Waals surface area contributed by atoms with Crippen LogP contribution in [0.4, 0.5) is 10.1 Å². The van der Waals surface area contributed by atoms with Crippen LogP contribution in [0.15, 0.2) is 56.9 Å². The minimum atomic E-state index is -0.646. The van der Waals surface area contributed by atoms with Crippen LogP contribution in [-0.4, -0.2) is 5.91 Å². The zero-order valence-corrected chi connectivity index (χ0v) is 14.9. The smallest absolute Gasteiger partial charge is 0.266 e. The van der Waals surface area contributed by atoms with Crippen molar-refractivity contribution in [3.8, 4) is 6.07 Å². The SMILES string of the molecule is N#CC(=Cc1oc2ccc(Br)cc2c1Cl)C(=O)Nc1ccc(F)cc1. The fourth-order valence-electron chi connectivity index (χ4n) is 2.16. The third-order valence-electron chi connectivity index (χ3n) is 3.36. The summed E-state index contributed by atoms with van der Waals surface area (Å²) in [7, 11) is 0. The van der Waals surface area contributed by atoms with Gasteiger partial charge in [-0.15, -0.1) is 0 Å². The average Bonchev–Trinajstić information content (AvgIpc) is 2.90. The van der Waals surface area contributed by atoms with E-state index in [9.17, 15) is 14.4 Å². The van der Waals surface area contributed by atoms with Gasteiger partial charge in [0.1, 0.15) is 28.8 Å². The first-order valence-electron chi connectivity index (χ1n) is 7.04. The summed E-state index contributed by atoms with van der Waals surface area (Å²) < 4.78 is 19.3. The van der Waals surface area contributed by atoms with Crippen LogP contribution in [0.3, 0.4) is 0 Å². The number of amides is 1. The molecule has 4 nitrogen and oxygen atoms in total. The summed E-state index contributed by atoms with van der Waals surface area (Å²) in [4.78, 5) is 12.2. The number of nitriles is 1. The molecule has 2 aromatic carbocycles. The van der Waals surface area contributed by atoms with Crippen molar-refractivity contribution in [2.75, 3.05) is 5.32 Å². The predicted molar refractivity (Wildman–Crippen MR) is 97.5 cm³/mol. The molecule has 25 heavy (non-hydrogen) atoms. The second-order valence-electron chi connectivity index (χ2n) is 5.05. The predicted octanol–water partition coefficient (Wildman–Crippen LogP) is 5.53. The molecular formula is C18H9BrClFN2O2. The minimum absolute atomic E-state index is 0.190. The maximum atomic E-state index is 12.9. The van der Waals surface area contributed by atoms with Crippen molar-refractivity contribution in [1.29, 1.82) is 5.26 Å². The summed E-state index contributed by atoms with van der Waals surface area (Å²) in [5, 5.41) is 12.7. The van der Waals surface area contributed by atoms with Gasteiger partial charge in [0.05, 0.1) is 5.02 Å². The monoisotopic (exact) mass is 418 g/mol. The number of nitrogens with zero attached hydrogens (tertiary/aromatic N) is 1. The summed E-state index contributed by atoms with van der Waals surface area (Å²) in [5.74, 6) is -0.860. The summed E-state index contributed by atoms with van der Waals surface area (Å²) in [6, 6.07) is 12.3. The van der Waals surface area contributed by atoms with Gasteiger partial charge in [-0.2, -0.15) is 5.26 Å². The third-order valence-corrected chi connectivity index (χ3v) is 4.24. The number of benzene rings is 2. The van der Waals surface area contributed by atoms with E-state index in [0.29, 0.717) is 21.7 Å². The number of fused-ring (bicyclic) bond motifs is 1. The number of hydrogen-bond acceptors (Lipinski definition) is 3. The maximum Gasteiger partial charge on any atom is 0.266 e. The second-order valence-corrected chi connectivity index (χ2v) is 6.35. The lowest BCUT2D eigenvalue weighted by atomic mass is 10.2. The van der Waals surface area contributed by atoms with Gasteiger partial charge in [-0.05, 0) is 42.5 Å². The highest BCUT2D eigenvalue weighted by Gasteiger charge is 2.15. The molecule has 3 aromatic rings. The Balaban J connectivity index is 1.92. The van der Waals surface area contributed by atoms with E-state index in [2.05, 4.69) is 21.2 Å². The molecule has 0 aliphatic carbocycles. The summed E-state index contributed by atoms with van der Waals surface area (Å²) in [5.41, 5.74) is 0.715. The van der Waals surface area contributed by atoms with Crippen LogP contribution in [0, 0.1) is 17.1 Å². The quantitative estimate of drug-likeness (QED) is 0.448. The normalized spacial score (nSPS) is 11.4. The van der Waals surface area contributed by atoms with Crippen molar-refractivity contribution in [3.05, 3.63) is 69.1 Å². The van der Waals surface area contributed by atoms with Crippen molar-refractivity contribution >= 4 is 56.2 Å². The fraction of sp³-hybridized carbons (Fsp3) is 0. The van der Waals surface area contributed by atoms with E-state index in [1.54, 1.807) is 18.2 Å². The molecule has 0 radical (unpaired) electrons. The summed E-state index contributed by atoms with van der Waals surface area (Å²) in [6.07, 6.45) is 1.27. The number of nitrogens with one attached hydrogen (secondary N) is 1. The Morgan fingerprint density at radius 1 is 1.28 bits per heavy atom. The first-order chi connectivity index (χ1) is 12.0. The van der Waals surface area contributed by atoms with E-state index in [4.69, 9.17) is 16.0 Å². The molecule has 3 rings (SSSR count). The van der Waals surface area contributed by atoms with Crippen LogP contribution in [0.5, 0.6) is 0 Å². The molecule has 0 aliphatic rings. The highest BCUT2D eigenvalue weighted by molar-refractivity contribution is 9.10. The zero-order valence-electron chi connectivity index (χ0n) is 12.5. The first kappa shape index (κ1) is 17.2. The van der Waals surface area contributed by atoms with Crippen LogP contribution >= 0.6 is 27.5 Å². The molecular weight excluding hydrogens is 411 g/mol. The molecule has 0 fully saturated rings. The van der Waals surface area contributed by atoms with Gasteiger partial charge in [0.25, 0.3) is 5.91 Å². The minimum Gasteiger partial charge on any atom is -0.455 e. The van der Waals surface area contributed by atoms with Crippen LogP contribution in [0.25, 0.3) is 17.0 Å². The number of carbonyl (C=O) groups excluding carboxylic acids is 1. The van der Waals surface area contributed by atoms with Gasteiger partial charge in [0.2, 0.25) is 0 Å². The average molecular weight is 420 g/mol. The topological polar surface area (TPSA) is 66.0 Å². The van der Waals surface area contributed by atoms with Gasteiger partial charge < -0.3 is 9.73 Å². The molecule has 0 unspecified atom stereocenters. The lowest BCUT2D eigenvalue weighted by Crippen LogP contribution is -2.13. The Kier molecular flexibility index (Phi) is 4.88. The van der Waals surface area contributed by atoms with Crippen molar-refractivity contribution in [1.82, 2.24) is 0 Å². The van der Waals surface area contributed by atoms with Gasteiger partial charge in [-0.3, -0.25) is 4.79 Å². The number of anilines is 1. The molecule has 0 bridgehead atoms. The third kappa shape index (κ3) is 3.73. The van der Waals surface area contributed by atoms with Gasteiger partial charge in [0, 0.05) is 21.6 Å². The van der Waals surface area contributed by atoms with Gasteiger partial charge in [-0.25, -0.2) is 4.39 Å². The van der Waals surface area contributed by atoms with E-state index < -0.39 is 11.7 Å². The van der Waals surface area contributed by atoms with E-state index >= 15 is 0 Å². The number of rotatable bonds is 3. The molecule has 1 heterocycles. The van der Waals surface area contributed by atoms with Gasteiger partial charge >= 0.3 is 0 Å². The van der Waals surface area contributed by atoms with Crippen LogP contribution < -0.4 is 5.32 Å². The molecule has 124 valence electrons. The Labute approximate surface area is 155 Å². The highest BCUT2D eigenvalue weighted by atomic mass is 79.9. The number of halogens is 3. The van der Waals surface area contributed by atoms with Crippen LogP contribution in [0.2, 0.25) is 5.02 Å². The van der Waals surface area contributed by atoms with E-state index in [1.165, 1.54) is 30.3 Å². The molecule has 0 saturated heterocycles. The lowest BCUT2D eigenvalue weighted by molar-refractivity contribution is -0.112. The van der Waals surface area contributed by atoms with Crippen molar-refractivity contribution in [3.63, 3.8) is 0 Å². The molecule has 0 atom stereocenters. The van der Waals surface area contributed by atoms with Crippen LogP contribution in [-0.2, 0) is 4.79 Å². The molecule has 1 N–H and O–H groups in total. The zero-order chi connectivity index (χ0) is 18.0. The van der Waals surface area contributed by atoms with E-state index in [-0.39, 0.29) is 11.3 Å². The van der Waals surface area contributed by atoms with E-state index in [1.807, 2.05) is 6.07 Å². The maximum absolute atomic E-state index is 12.9. The molecule has 0 aliphatic heterocycles. The number of hydrogen-bond donors (Lipinski definition) is 1. The first-order valence-corrected chi connectivity index (χ1v) is 8.21. The Morgan fingerprint density at radius 3 is 2.68 bits per heavy atom. The van der Waals surface area contributed by atoms with Gasteiger partial charge in [-0.1, -0.05) is 27.5 Å². The van der Waals surface area contributed by atoms with Crippen LogP contribution in [0.1, 0.15) is 5.76 Å². The standard InChI is InChI=1S/C18H9BrClFN2O2/c19-11-1-6-15-14(8-11)17(20)16(25-15)7-10(9-22)18(24)23-13-4-2-12(21)3-5-13/h1-8H,(H,23,24). The Morgan fingerprint density at radius 2 is 2.00 bits per heavy atom. The molecule has 1 aromatic heterocycles. The number of furan rings is 1. The van der Waals surface area contributed by atoms with Crippen molar-refractivity contribution < 1.29 is 13.6 Å². The van der Waals surface area contributed by atoms with Crippen molar-refractivity contribution in [2.24, 2.45) is 0 Å². The van der Waals surface area contributed by atoms with E-state index in [0.717, 1.165) is 4.47 Å². The summed E-state index contributed by atoms with van der Waals surface area (Å²) in [6.45, 7) is 0. The second kappa shape index (κ2) is 7.09. The molecule has 0 saturated carbocycles. The Bertz CT molecular complexity index is 1040.